The van der Waals surface area contributed by atoms with Crippen molar-refractivity contribution in [2.24, 2.45) is 5.73 Å². The zero-order chi connectivity index (χ0) is 15.5. The lowest BCUT2D eigenvalue weighted by molar-refractivity contribution is -0.138. The summed E-state index contributed by atoms with van der Waals surface area (Å²) in [4.78, 5) is 12.6. The number of aliphatic carboxylic acids is 1. The Labute approximate surface area is 135 Å². The summed E-state index contributed by atoms with van der Waals surface area (Å²) < 4.78 is 0. The molecule has 0 saturated heterocycles. The number of carbonyl (C=O) groups is 1. The van der Waals surface area contributed by atoms with Gasteiger partial charge in [0.2, 0.25) is 0 Å². The fraction of sp³-hybridized carbons (Fsp3) is 0.188. The van der Waals surface area contributed by atoms with Gasteiger partial charge in [-0.25, -0.2) is 0 Å². The third kappa shape index (κ3) is 8.45. The second-order valence-corrected chi connectivity index (χ2v) is 5.92. The molecule has 2 aromatic rings. The molecule has 0 aromatic heterocycles. The van der Waals surface area contributed by atoms with Crippen LogP contribution in [0.4, 0.5) is 0 Å². The molecule has 0 heterocycles. The molecule has 3 nitrogen and oxygen atoms in total. The van der Waals surface area contributed by atoms with Gasteiger partial charge in [0, 0.05) is 15.5 Å². The first-order valence-electron chi connectivity index (χ1n) is 6.50. The lowest BCUT2D eigenvalue weighted by Crippen LogP contribution is -2.30. The van der Waals surface area contributed by atoms with Crippen LogP contribution in [0.1, 0.15) is 6.42 Å². The minimum atomic E-state index is -0.932. The fourth-order valence-electron chi connectivity index (χ4n) is 1.37. The molecule has 1 atom stereocenters. The van der Waals surface area contributed by atoms with Crippen molar-refractivity contribution in [3.63, 3.8) is 0 Å². The van der Waals surface area contributed by atoms with Crippen molar-refractivity contribution in [1.29, 1.82) is 0 Å². The summed E-state index contributed by atoms with van der Waals surface area (Å²) in [6.07, 6.45) is 0.495. The average molecular weight is 321 g/mol. The summed E-state index contributed by atoms with van der Waals surface area (Å²) in [6.45, 7) is 0. The van der Waals surface area contributed by atoms with Crippen molar-refractivity contribution in [2.45, 2.75) is 22.3 Å². The Kier molecular flexibility index (Phi) is 8.66. The van der Waals surface area contributed by atoms with Gasteiger partial charge in [-0.05, 0) is 30.7 Å². The van der Waals surface area contributed by atoms with Crippen LogP contribution in [0.2, 0.25) is 0 Å². The molecule has 0 unspecified atom stereocenters. The van der Waals surface area contributed by atoms with Crippen molar-refractivity contribution in [1.82, 2.24) is 0 Å². The lowest BCUT2D eigenvalue weighted by atomic mass is 10.2. The van der Waals surface area contributed by atoms with E-state index in [1.165, 1.54) is 0 Å². The van der Waals surface area contributed by atoms with E-state index in [9.17, 15) is 4.79 Å². The van der Waals surface area contributed by atoms with Gasteiger partial charge < -0.3 is 10.8 Å². The van der Waals surface area contributed by atoms with Gasteiger partial charge in [-0.15, -0.1) is 24.4 Å². The van der Waals surface area contributed by atoms with Crippen LogP contribution in [-0.2, 0) is 4.79 Å². The molecule has 3 N–H and O–H groups in total. The molecular weight excluding hydrogens is 302 g/mol. The van der Waals surface area contributed by atoms with Gasteiger partial charge in [-0.2, -0.15) is 0 Å². The summed E-state index contributed by atoms with van der Waals surface area (Å²) >= 11 is 5.71. The van der Waals surface area contributed by atoms with E-state index in [4.69, 9.17) is 10.8 Å². The van der Waals surface area contributed by atoms with Gasteiger partial charge in [0.05, 0.1) is 0 Å². The second-order valence-electron chi connectivity index (χ2n) is 4.23. The lowest BCUT2D eigenvalue weighted by Gasteiger charge is -2.05. The summed E-state index contributed by atoms with van der Waals surface area (Å²) in [5, 5.41) is 8.54. The van der Waals surface area contributed by atoms with E-state index in [2.05, 4.69) is 12.6 Å². The minimum Gasteiger partial charge on any atom is -0.480 e. The maximum atomic E-state index is 10.4. The Hall–Kier alpha value is -1.43. The number of hydrogen-bond donors (Lipinski definition) is 3. The number of nitrogens with two attached hydrogens (primary N) is 1. The van der Waals surface area contributed by atoms with E-state index in [0.717, 1.165) is 15.5 Å². The molecule has 0 aliphatic rings. The topological polar surface area (TPSA) is 63.3 Å². The van der Waals surface area contributed by atoms with Crippen LogP contribution in [0.3, 0.4) is 0 Å². The first kappa shape index (κ1) is 17.6. The van der Waals surface area contributed by atoms with Crippen LogP contribution in [0.5, 0.6) is 0 Å². The summed E-state index contributed by atoms with van der Waals surface area (Å²) in [5.74, 6) is -0.198. The third-order valence-electron chi connectivity index (χ3n) is 2.51. The molecule has 0 spiro atoms. The molecule has 112 valence electrons. The van der Waals surface area contributed by atoms with E-state index in [-0.39, 0.29) is 0 Å². The number of carboxylic acid groups (broad SMARTS) is 1. The fourth-order valence-corrected chi connectivity index (χ4v) is 2.50. The largest absolute Gasteiger partial charge is 0.480 e. The third-order valence-corrected chi connectivity index (χ3v) is 3.86. The van der Waals surface area contributed by atoms with Crippen molar-refractivity contribution in [2.75, 3.05) is 5.75 Å². The van der Waals surface area contributed by atoms with Crippen LogP contribution >= 0.6 is 24.4 Å². The zero-order valence-electron chi connectivity index (χ0n) is 11.6. The van der Waals surface area contributed by atoms with E-state index < -0.39 is 12.0 Å². The molecule has 0 saturated carbocycles. The smallest absolute Gasteiger partial charge is 0.320 e. The molecule has 2 aromatic carbocycles. The number of thioether (sulfide) groups is 1. The Bertz CT molecular complexity index is 520. The Morgan fingerprint density at radius 1 is 1.10 bits per heavy atom. The summed E-state index contributed by atoms with van der Waals surface area (Å²) in [7, 11) is 0. The Morgan fingerprint density at radius 2 is 1.62 bits per heavy atom. The highest BCUT2D eigenvalue weighted by atomic mass is 32.2. The van der Waals surface area contributed by atoms with E-state index in [1.807, 2.05) is 60.7 Å². The predicted octanol–water partition coefficient (Wildman–Crippen LogP) is 3.56. The van der Waals surface area contributed by atoms with Gasteiger partial charge >= 0.3 is 5.97 Å². The molecule has 0 aliphatic heterocycles. The highest BCUT2D eigenvalue weighted by Crippen LogP contribution is 2.17. The molecule has 2 rings (SSSR count). The second kappa shape index (κ2) is 10.3. The predicted molar refractivity (Wildman–Crippen MR) is 91.1 cm³/mol. The van der Waals surface area contributed by atoms with Crippen molar-refractivity contribution < 1.29 is 9.90 Å². The molecule has 21 heavy (non-hydrogen) atoms. The highest BCUT2D eigenvalue weighted by molar-refractivity contribution is 7.99. The van der Waals surface area contributed by atoms with E-state index in [1.54, 1.807) is 11.8 Å². The molecule has 0 bridgehead atoms. The quantitative estimate of drug-likeness (QED) is 0.582. The monoisotopic (exact) mass is 321 g/mol. The maximum absolute atomic E-state index is 10.4. The van der Waals surface area contributed by atoms with Crippen LogP contribution in [-0.4, -0.2) is 22.9 Å². The number of rotatable bonds is 5. The van der Waals surface area contributed by atoms with Crippen molar-refractivity contribution in [3.05, 3.63) is 60.7 Å². The van der Waals surface area contributed by atoms with Crippen LogP contribution < -0.4 is 5.73 Å². The number of thiol groups is 1. The molecule has 0 aliphatic carbocycles. The van der Waals surface area contributed by atoms with Crippen molar-refractivity contribution >= 4 is 30.4 Å². The SMILES string of the molecule is N[C@@H](CCSc1ccccc1)C(=O)O.Sc1ccccc1. The van der Waals surface area contributed by atoms with Gasteiger partial charge in [-0.1, -0.05) is 36.4 Å². The summed E-state index contributed by atoms with van der Waals surface area (Å²) in [6, 6.07) is 18.9. The average Bonchev–Trinajstić information content (AvgIpc) is 2.49. The van der Waals surface area contributed by atoms with Gasteiger partial charge in [-0.3, -0.25) is 4.79 Å². The zero-order valence-corrected chi connectivity index (χ0v) is 13.3. The standard InChI is InChI=1S/C10H13NO2S.C6H6S/c11-9(10(12)13)6-7-14-8-4-2-1-3-5-8;7-6-4-2-1-3-5-6/h1-5,9H,6-7,11H2,(H,12,13);1-5,7H/t9-;/m0./s1. The summed E-state index contributed by atoms with van der Waals surface area (Å²) in [5.41, 5.74) is 5.37. The van der Waals surface area contributed by atoms with Crippen molar-refractivity contribution in [3.8, 4) is 0 Å². The van der Waals surface area contributed by atoms with Crippen LogP contribution in [0, 0.1) is 0 Å². The first-order valence-corrected chi connectivity index (χ1v) is 7.93. The Morgan fingerprint density at radius 3 is 2.05 bits per heavy atom. The maximum Gasteiger partial charge on any atom is 0.320 e. The van der Waals surface area contributed by atoms with E-state index in [0.29, 0.717) is 6.42 Å². The molecular formula is C16H19NO2S2. The number of carboxylic acids is 1. The normalized spacial score (nSPS) is 11.1. The molecule has 0 amide bonds. The van der Waals surface area contributed by atoms with Crippen LogP contribution in [0.25, 0.3) is 0 Å². The number of hydrogen-bond acceptors (Lipinski definition) is 4. The van der Waals surface area contributed by atoms with Crippen LogP contribution in [0.15, 0.2) is 70.5 Å². The highest BCUT2D eigenvalue weighted by Gasteiger charge is 2.10. The first-order chi connectivity index (χ1) is 10.1. The van der Waals surface area contributed by atoms with Gasteiger partial charge in [0.25, 0.3) is 0 Å². The molecule has 0 radical (unpaired) electrons. The van der Waals surface area contributed by atoms with Gasteiger partial charge in [0.1, 0.15) is 6.04 Å². The molecule has 0 fully saturated rings. The number of benzene rings is 2. The van der Waals surface area contributed by atoms with E-state index >= 15 is 0 Å². The minimum absolute atomic E-state index is 0.495. The Balaban J connectivity index is 0.000000262. The van der Waals surface area contributed by atoms with Gasteiger partial charge in [0.15, 0.2) is 0 Å². The molecule has 5 heteroatoms.